The molecule has 0 aliphatic heterocycles. The number of hydrogen-bond acceptors (Lipinski definition) is 4. The molecule has 0 aliphatic carbocycles. The van der Waals surface area contributed by atoms with Gasteiger partial charge in [-0.3, -0.25) is 14.7 Å². The number of nitrogens with one attached hydrogen (secondary N) is 2. The molecule has 6 N–H and O–H groups in total. The lowest BCUT2D eigenvalue weighted by molar-refractivity contribution is -0.118. The van der Waals surface area contributed by atoms with E-state index in [0.717, 1.165) is 0 Å². The number of nitrogen functional groups attached to an aromatic ring is 1. The Kier molecular flexibility index (Phi) is 3.67. The number of H-pyrrole nitrogens is 1. The van der Waals surface area contributed by atoms with Crippen molar-refractivity contribution >= 4 is 17.5 Å². The van der Waals surface area contributed by atoms with Gasteiger partial charge in [0.1, 0.15) is 5.69 Å². The fourth-order valence-electron chi connectivity index (χ4n) is 1.03. The largest absolute Gasteiger partial charge is 0.396 e. The van der Waals surface area contributed by atoms with Gasteiger partial charge in [0.05, 0.1) is 11.9 Å². The molecule has 0 fully saturated rings. The summed E-state index contributed by atoms with van der Waals surface area (Å²) in [6, 6.07) is 0. The van der Waals surface area contributed by atoms with Gasteiger partial charge in [-0.25, -0.2) is 0 Å². The summed E-state index contributed by atoms with van der Waals surface area (Å²) < 4.78 is 0. The molecule has 0 saturated heterocycles. The van der Waals surface area contributed by atoms with Gasteiger partial charge in [-0.1, -0.05) is 0 Å². The van der Waals surface area contributed by atoms with Crippen LogP contribution in [0, 0.1) is 0 Å². The molecule has 82 valence electrons. The quantitative estimate of drug-likeness (QED) is 0.465. The second kappa shape index (κ2) is 4.99. The summed E-state index contributed by atoms with van der Waals surface area (Å²) >= 11 is 0. The lowest BCUT2D eigenvalue weighted by Crippen LogP contribution is -2.26. The normalized spacial score (nSPS) is 9.87. The van der Waals surface area contributed by atoms with Crippen molar-refractivity contribution in [1.29, 1.82) is 0 Å². The third-order valence-electron chi connectivity index (χ3n) is 1.78. The molecule has 0 spiro atoms. The Hall–Kier alpha value is -2.05. The van der Waals surface area contributed by atoms with Crippen LogP contribution in [-0.2, 0) is 4.79 Å². The molecule has 0 unspecified atom stereocenters. The van der Waals surface area contributed by atoms with Gasteiger partial charge in [0.15, 0.2) is 0 Å². The van der Waals surface area contributed by atoms with Gasteiger partial charge in [-0.15, -0.1) is 0 Å². The first kappa shape index (κ1) is 11.0. The van der Waals surface area contributed by atoms with Gasteiger partial charge in [0, 0.05) is 13.0 Å². The Labute approximate surface area is 86.2 Å². The lowest BCUT2D eigenvalue weighted by atomic mass is 10.3. The zero-order chi connectivity index (χ0) is 11.3. The fourth-order valence-corrected chi connectivity index (χ4v) is 1.03. The molecule has 0 bridgehead atoms. The van der Waals surface area contributed by atoms with Crippen molar-refractivity contribution in [1.82, 2.24) is 15.5 Å². The van der Waals surface area contributed by atoms with E-state index in [1.54, 1.807) is 0 Å². The minimum absolute atomic E-state index is 0.231. The van der Waals surface area contributed by atoms with Crippen molar-refractivity contribution < 1.29 is 9.59 Å². The number of aromatic amines is 1. The van der Waals surface area contributed by atoms with Crippen molar-refractivity contribution in [2.75, 3.05) is 12.3 Å². The summed E-state index contributed by atoms with van der Waals surface area (Å²) in [4.78, 5) is 21.8. The number of hydrogen-bond donors (Lipinski definition) is 4. The van der Waals surface area contributed by atoms with Crippen molar-refractivity contribution in [2.45, 2.75) is 12.8 Å². The molecule has 7 heteroatoms. The maximum absolute atomic E-state index is 11.4. The van der Waals surface area contributed by atoms with Crippen LogP contribution in [-0.4, -0.2) is 28.6 Å². The monoisotopic (exact) mass is 211 g/mol. The summed E-state index contributed by atoms with van der Waals surface area (Å²) in [5.74, 6) is -0.722. The van der Waals surface area contributed by atoms with E-state index >= 15 is 0 Å². The number of nitrogens with two attached hydrogens (primary N) is 2. The van der Waals surface area contributed by atoms with Gasteiger partial charge >= 0.3 is 0 Å². The molecular weight excluding hydrogens is 198 g/mol. The Balaban J connectivity index is 2.31. The third kappa shape index (κ3) is 3.29. The highest BCUT2D eigenvalue weighted by Gasteiger charge is 2.10. The Bertz CT molecular complexity index is 360. The highest BCUT2D eigenvalue weighted by molar-refractivity contribution is 5.96. The summed E-state index contributed by atoms with van der Waals surface area (Å²) in [6.45, 7) is 0.375. The Morgan fingerprint density at radius 1 is 1.53 bits per heavy atom. The highest BCUT2D eigenvalue weighted by Crippen LogP contribution is 2.04. The zero-order valence-corrected chi connectivity index (χ0v) is 8.12. The summed E-state index contributed by atoms with van der Waals surface area (Å²) in [5, 5.41) is 8.67. The molecule has 0 aromatic carbocycles. The molecule has 7 nitrogen and oxygen atoms in total. The van der Waals surface area contributed by atoms with Gasteiger partial charge in [-0.05, 0) is 6.42 Å². The molecule has 2 amide bonds. The average molecular weight is 211 g/mol. The maximum atomic E-state index is 11.4. The average Bonchev–Trinajstić information content (AvgIpc) is 2.58. The summed E-state index contributed by atoms with van der Waals surface area (Å²) in [7, 11) is 0. The van der Waals surface area contributed by atoms with Crippen LogP contribution in [0.25, 0.3) is 0 Å². The Morgan fingerprint density at radius 2 is 2.27 bits per heavy atom. The van der Waals surface area contributed by atoms with Crippen molar-refractivity contribution in [3.63, 3.8) is 0 Å². The smallest absolute Gasteiger partial charge is 0.271 e. The number of nitrogens with zero attached hydrogens (tertiary/aromatic N) is 1. The topological polar surface area (TPSA) is 127 Å². The molecule has 1 rings (SSSR count). The Morgan fingerprint density at radius 3 is 2.80 bits per heavy atom. The van der Waals surface area contributed by atoms with Gasteiger partial charge in [-0.2, -0.15) is 5.10 Å². The molecule has 0 atom stereocenters. The van der Waals surface area contributed by atoms with Crippen LogP contribution in [0.5, 0.6) is 0 Å². The van der Waals surface area contributed by atoms with E-state index in [4.69, 9.17) is 11.5 Å². The standard InChI is InChI=1S/C8H13N5O2/c9-5-4-12-13-7(5)8(15)11-3-1-2-6(10)14/h4H,1-3,9H2,(H2,10,14)(H,11,15)(H,12,13). The molecular formula is C8H13N5O2. The van der Waals surface area contributed by atoms with Crippen molar-refractivity contribution in [3.8, 4) is 0 Å². The van der Waals surface area contributed by atoms with Crippen LogP contribution in [0.4, 0.5) is 5.69 Å². The summed E-state index contributed by atoms with van der Waals surface area (Å²) in [6.07, 6.45) is 2.12. The van der Waals surface area contributed by atoms with Crippen LogP contribution < -0.4 is 16.8 Å². The lowest BCUT2D eigenvalue weighted by Gasteiger charge is -2.02. The van der Waals surface area contributed by atoms with E-state index < -0.39 is 0 Å². The van der Waals surface area contributed by atoms with Crippen molar-refractivity contribution in [2.24, 2.45) is 5.73 Å². The third-order valence-corrected chi connectivity index (χ3v) is 1.78. The molecule has 15 heavy (non-hydrogen) atoms. The second-order valence-electron chi connectivity index (χ2n) is 3.03. The molecule has 1 heterocycles. The zero-order valence-electron chi connectivity index (χ0n) is 8.12. The number of carbonyl (C=O) groups excluding carboxylic acids is 2. The predicted molar refractivity (Wildman–Crippen MR) is 53.8 cm³/mol. The number of carbonyl (C=O) groups is 2. The molecule has 1 aromatic heterocycles. The second-order valence-corrected chi connectivity index (χ2v) is 3.03. The number of aromatic nitrogens is 2. The van der Waals surface area contributed by atoms with E-state index in [-0.39, 0.29) is 23.9 Å². The molecule has 1 aromatic rings. The van der Waals surface area contributed by atoms with Crippen LogP contribution in [0.3, 0.4) is 0 Å². The van der Waals surface area contributed by atoms with E-state index in [2.05, 4.69) is 15.5 Å². The van der Waals surface area contributed by atoms with Crippen LogP contribution in [0.15, 0.2) is 6.20 Å². The van der Waals surface area contributed by atoms with Gasteiger partial charge < -0.3 is 16.8 Å². The number of anilines is 1. The highest BCUT2D eigenvalue weighted by atomic mass is 16.2. The van der Waals surface area contributed by atoms with Gasteiger partial charge in [0.25, 0.3) is 5.91 Å². The minimum atomic E-state index is -0.384. The van der Waals surface area contributed by atoms with E-state index in [0.29, 0.717) is 18.7 Å². The van der Waals surface area contributed by atoms with Crippen molar-refractivity contribution in [3.05, 3.63) is 11.9 Å². The first-order chi connectivity index (χ1) is 7.11. The first-order valence-corrected chi connectivity index (χ1v) is 4.46. The SMILES string of the molecule is NC(=O)CCCNC(=O)c1[nH]ncc1N. The first-order valence-electron chi connectivity index (χ1n) is 4.46. The van der Waals surface area contributed by atoms with E-state index in [1.807, 2.05) is 0 Å². The fraction of sp³-hybridized carbons (Fsp3) is 0.375. The number of rotatable bonds is 5. The molecule has 0 aliphatic rings. The predicted octanol–water partition coefficient (Wildman–Crippen LogP) is -1.01. The van der Waals surface area contributed by atoms with Crippen LogP contribution in [0.1, 0.15) is 23.3 Å². The van der Waals surface area contributed by atoms with Gasteiger partial charge in [0.2, 0.25) is 5.91 Å². The van der Waals surface area contributed by atoms with Crippen LogP contribution >= 0.6 is 0 Å². The number of amides is 2. The maximum Gasteiger partial charge on any atom is 0.271 e. The molecule has 0 radical (unpaired) electrons. The number of primary amides is 1. The van der Waals surface area contributed by atoms with E-state index in [9.17, 15) is 9.59 Å². The van der Waals surface area contributed by atoms with Crippen LogP contribution in [0.2, 0.25) is 0 Å². The summed E-state index contributed by atoms with van der Waals surface area (Å²) in [5.41, 5.74) is 10.9. The molecule has 0 saturated carbocycles. The minimum Gasteiger partial charge on any atom is -0.396 e. The van der Waals surface area contributed by atoms with E-state index in [1.165, 1.54) is 6.20 Å².